The molecule has 1 fully saturated rings. The summed E-state index contributed by atoms with van der Waals surface area (Å²) in [4.78, 5) is 24.5. The highest BCUT2D eigenvalue weighted by molar-refractivity contribution is 5.91. The number of esters is 2. The van der Waals surface area contributed by atoms with Crippen LogP contribution < -0.4 is 0 Å². The second kappa shape index (κ2) is 7.46. The van der Waals surface area contributed by atoms with Crippen molar-refractivity contribution in [2.45, 2.75) is 31.1 Å². The fourth-order valence-corrected chi connectivity index (χ4v) is 2.99. The molecule has 27 heavy (non-hydrogen) atoms. The van der Waals surface area contributed by atoms with E-state index in [0.717, 1.165) is 6.92 Å². The maximum atomic E-state index is 15.1. The Hall–Kier alpha value is -2.77. The third-order valence-corrected chi connectivity index (χ3v) is 4.51. The molecule has 0 aliphatic carbocycles. The molecule has 0 aromatic heterocycles. The normalized spacial score (nSPS) is 27.2. The molecule has 2 aromatic rings. The van der Waals surface area contributed by atoms with Gasteiger partial charge in [0, 0.05) is 0 Å². The fourth-order valence-electron chi connectivity index (χ4n) is 2.99. The summed E-state index contributed by atoms with van der Waals surface area (Å²) in [6, 6.07) is 14.3. The topological polar surface area (TPSA) is 82.1 Å². The molecule has 0 radical (unpaired) electrons. The van der Waals surface area contributed by atoms with E-state index < -0.39 is 36.1 Å². The van der Waals surface area contributed by atoms with E-state index in [1.807, 2.05) is 0 Å². The van der Waals surface area contributed by atoms with Gasteiger partial charge in [-0.05, 0) is 30.7 Å². The number of alkyl halides is 1. The zero-order valence-corrected chi connectivity index (χ0v) is 14.8. The van der Waals surface area contributed by atoms with E-state index in [1.54, 1.807) is 30.3 Å². The van der Waals surface area contributed by atoms with Crippen molar-refractivity contribution in [3.05, 3.63) is 71.3 Å². The first-order chi connectivity index (χ1) is 12.9. The highest BCUT2D eigenvalue weighted by Crippen LogP contribution is 2.44. The Labute approximate surface area is 155 Å². The van der Waals surface area contributed by atoms with Crippen LogP contribution in [0.4, 0.5) is 4.39 Å². The molecule has 1 aliphatic heterocycles. The van der Waals surface area contributed by atoms with Crippen LogP contribution in [0.25, 0.3) is 0 Å². The third-order valence-electron chi connectivity index (χ3n) is 4.51. The molecule has 1 heterocycles. The van der Waals surface area contributed by atoms with Crippen LogP contribution in [0.15, 0.2) is 54.6 Å². The van der Waals surface area contributed by atoms with E-state index in [-0.39, 0.29) is 16.7 Å². The number of hydrogen-bond acceptors (Lipinski definition) is 6. The molecule has 0 unspecified atom stereocenters. The lowest BCUT2D eigenvalue weighted by Crippen LogP contribution is -2.42. The quantitative estimate of drug-likeness (QED) is 0.829. The Morgan fingerprint density at radius 3 is 2.37 bits per heavy atom. The molecule has 1 aliphatic rings. The first-order valence-corrected chi connectivity index (χ1v) is 8.32. The van der Waals surface area contributed by atoms with Crippen molar-refractivity contribution in [3.8, 4) is 0 Å². The summed E-state index contributed by atoms with van der Waals surface area (Å²) < 4.78 is 30.6. The smallest absolute Gasteiger partial charge is 0.338 e. The molecule has 1 saturated heterocycles. The molecule has 142 valence electrons. The van der Waals surface area contributed by atoms with Crippen molar-refractivity contribution in [2.75, 3.05) is 7.11 Å². The van der Waals surface area contributed by atoms with Crippen LogP contribution in [0.5, 0.6) is 0 Å². The Morgan fingerprint density at radius 1 is 1.07 bits per heavy atom. The second-order valence-corrected chi connectivity index (χ2v) is 6.33. The zero-order chi connectivity index (χ0) is 19.6. The fraction of sp³-hybridized carbons (Fsp3) is 0.300. The van der Waals surface area contributed by atoms with Crippen LogP contribution in [0.3, 0.4) is 0 Å². The SMILES string of the molecule is COC(=O)c1ccccc1[C@H]1O[C@@H](O)[C@](C)(F)[C@@H]1OC(=O)c1ccccc1. The summed E-state index contributed by atoms with van der Waals surface area (Å²) >= 11 is 0. The van der Waals surface area contributed by atoms with Gasteiger partial charge in [0.25, 0.3) is 0 Å². The maximum Gasteiger partial charge on any atom is 0.338 e. The molecule has 0 bridgehead atoms. The molecular weight excluding hydrogens is 355 g/mol. The number of carbonyl (C=O) groups excluding carboxylic acids is 2. The predicted octanol–water partition coefficient (Wildman–Crippen LogP) is 2.82. The van der Waals surface area contributed by atoms with Crippen LogP contribution in [0, 0.1) is 0 Å². The highest BCUT2D eigenvalue weighted by atomic mass is 19.1. The van der Waals surface area contributed by atoms with Crippen molar-refractivity contribution < 1.29 is 33.3 Å². The standard InChI is InChI=1S/C20H19FO6/c1-20(21)16(27-17(22)12-8-4-3-5-9-12)15(26-19(20)24)13-10-6-7-11-14(13)18(23)25-2/h3-11,15-16,19,24H,1-2H3/t15-,16-,19-,20-/m1/s1. The van der Waals surface area contributed by atoms with E-state index in [0.29, 0.717) is 0 Å². The van der Waals surface area contributed by atoms with E-state index in [9.17, 15) is 14.7 Å². The Morgan fingerprint density at radius 2 is 1.70 bits per heavy atom. The average molecular weight is 374 g/mol. The summed E-state index contributed by atoms with van der Waals surface area (Å²) in [6.07, 6.45) is -4.48. The molecule has 0 saturated carbocycles. The van der Waals surface area contributed by atoms with Crippen molar-refractivity contribution in [3.63, 3.8) is 0 Å². The number of hydrogen-bond donors (Lipinski definition) is 1. The van der Waals surface area contributed by atoms with Gasteiger partial charge in [-0.25, -0.2) is 14.0 Å². The van der Waals surface area contributed by atoms with Crippen molar-refractivity contribution in [2.24, 2.45) is 0 Å². The van der Waals surface area contributed by atoms with Gasteiger partial charge in [-0.3, -0.25) is 0 Å². The number of rotatable bonds is 4. The Balaban J connectivity index is 1.97. The lowest BCUT2D eigenvalue weighted by Gasteiger charge is -2.26. The van der Waals surface area contributed by atoms with Gasteiger partial charge in [0.05, 0.1) is 18.2 Å². The van der Waals surface area contributed by atoms with Crippen LogP contribution in [-0.4, -0.2) is 42.2 Å². The van der Waals surface area contributed by atoms with Gasteiger partial charge in [0.15, 0.2) is 18.1 Å². The van der Waals surface area contributed by atoms with Gasteiger partial charge in [-0.15, -0.1) is 0 Å². The Bertz CT molecular complexity index is 835. The van der Waals surface area contributed by atoms with E-state index in [2.05, 4.69) is 0 Å². The van der Waals surface area contributed by atoms with Gasteiger partial charge in [-0.2, -0.15) is 0 Å². The van der Waals surface area contributed by atoms with Crippen molar-refractivity contribution in [1.29, 1.82) is 0 Å². The van der Waals surface area contributed by atoms with Gasteiger partial charge in [-0.1, -0.05) is 36.4 Å². The lowest BCUT2D eigenvalue weighted by atomic mass is 9.92. The van der Waals surface area contributed by atoms with Gasteiger partial charge >= 0.3 is 11.9 Å². The molecule has 6 nitrogen and oxygen atoms in total. The van der Waals surface area contributed by atoms with E-state index in [1.165, 1.54) is 31.4 Å². The number of aliphatic hydroxyl groups is 1. The van der Waals surface area contributed by atoms with E-state index in [4.69, 9.17) is 14.2 Å². The summed E-state index contributed by atoms with van der Waals surface area (Å²) in [5, 5.41) is 10.0. The number of methoxy groups -OCH3 is 1. The lowest BCUT2D eigenvalue weighted by molar-refractivity contribution is -0.140. The molecule has 7 heteroatoms. The minimum Gasteiger partial charge on any atom is -0.465 e. The minimum absolute atomic E-state index is 0.135. The summed E-state index contributed by atoms with van der Waals surface area (Å²) in [6.45, 7) is 1.08. The van der Waals surface area contributed by atoms with E-state index >= 15 is 4.39 Å². The zero-order valence-electron chi connectivity index (χ0n) is 14.8. The first-order valence-electron chi connectivity index (χ1n) is 8.32. The summed E-state index contributed by atoms with van der Waals surface area (Å²) in [5.74, 6) is -1.41. The van der Waals surface area contributed by atoms with Gasteiger partial charge < -0.3 is 19.3 Å². The van der Waals surface area contributed by atoms with Gasteiger partial charge in [0.1, 0.15) is 6.10 Å². The third kappa shape index (κ3) is 3.56. The monoisotopic (exact) mass is 374 g/mol. The molecule has 0 amide bonds. The largest absolute Gasteiger partial charge is 0.465 e. The molecular formula is C20H19FO6. The molecule has 3 rings (SSSR count). The number of aliphatic hydroxyl groups excluding tert-OH is 1. The number of halogens is 1. The highest BCUT2D eigenvalue weighted by Gasteiger charge is 2.57. The number of ether oxygens (including phenoxy) is 3. The van der Waals surface area contributed by atoms with Crippen molar-refractivity contribution >= 4 is 11.9 Å². The summed E-state index contributed by atoms with van der Waals surface area (Å²) in [7, 11) is 1.22. The van der Waals surface area contributed by atoms with Crippen LogP contribution in [-0.2, 0) is 14.2 Å². The molecule has 2 aromatic carbocycles. The maximum absolute atomic E-state index is 15.1. The first kappa shape index (κ1) is 19.0. The van der Waals surface area contributed by atoms with Crippen LogP contribution in [0.1, 0.15) is 39.3 Å². The average Bonchev–Trinajstić information content (AvgIpc) is 2.91. The minimum atomic E-state index is -2.38. The van der Waals surface area contributed by atoms with Crippen LogP contribution >= 0.6 is 0 Å². The number of carbonyl (C=O) groups is 2. The van der Waals surface area contributed by atoms with Crippen molar-refractivity contribution in [1.82, 2.24) is 0 Å². The Kier molecular flexibility index (Phi) is 5.25. The summed E-state index contributed by atoms with van der Waals surface area (Å²) in [5.41, 5.74) is -1.75. The molecule has 0 spiro atoms. The second-order valence-electron chi connectivity index (χ2n) is 6.33. The number of benzene rings is 2. The predicted molar refractivity (Wildman–Crippen MR) is 92.8 cm³/mol. The molecule has 4 atom stereocenters. The van der Waals surface area contributed by atoms with Crippen LogP contribution in [0.2, 0.25) is 0 Å². The van der Waals surface area contributed by atoms with Gasteiger partial charge in [0.2, 0.25) is 0 Å². The molecule has 1 N–H and O–H groups in total.